The molecule has 1 aromatic rings. The second-order valence-electron chi connectivity index (χ2n) is 5.20. The summed E-state index contributed by atoms with van der Waals surface area (Å²) < 4.78 is 5.61. The first-order valence-electron chi connectivity index (χ1n) is 6.65. The highest BCUT2D eigenvalue weighted by atomic mass is 35.5. The molecule has 1 fully saturated rings. The zero-order chi connectivity index (χ0) is 13.1. The number of ether oxygens (including phenoxy) is 1. The lowest BCUT2D eigenvalue weighted by Gasteiger charge is -2.31. The van der Waals surface area contributed by atoms with Crippen molar-refractivity contribution in [1.82, 2.24) is 5.32 Å². The van der Waals surface area contributed by atoms with Gasteiger partial charge in [0.05, 0.1) is 6.61 Å². The van der Waals surface area contributed by atoms with E-state index in [-0.39, 0.29) is 0 Å². The van der Waals surface area contributed by atoms with Crippen molar-refractivity contribution in [3.8, 4) is 0 Å². The zero-order valence-electron chi connectivity index (χ0n) is 11.4. The highest BCUT2D eigenvalue weighted by Gasteiger charge is 2.25. The Morgan fingerprint density at radius 2 is 2.11 bits per heavy atom. The maximum absolute atomic E-state index is 6.17. The van der Waals surface area contributed by atoms with Crippen LogP contribution in [0.2, 0.25) is 5.02 Å². The molecule has 2 rings (SSSR count). The minimum absolute atomic E-state index is 0.362. The second kappa shape index (κ2) is 6.05. The molecule has 0 spiro atoms. The van der Waals surface area contributed by atoms with Gasteiger partial charge < -0.3 is 10.1 Å². The number of rotatable bonds is 3. The van der Waals surface area contributed by atoms with Crippen LogP contribution in [0.1, 0.15) is 35.6 Å². The summed E-state index contributed by atoms with van der Waals surface area (Å²) in [5, 5.41) is 4.31. The van der Waals surface area contributed by atoms with Gasteiger partial charge in [-0.15, -0.1) is 0 Å². The minimum atomic E-state index is 0.362. The average Bonchev–Trinajstić information content (AvgIpc) is 2.38. The normalized spacial score (nSPS) is 21.9. The van der Waals surface area contributed by atoms with Gasteiger partial charge in [0.1, 0.15) is 0 Å². The molecule has 100 valence electrons. The van der Waals surface area contributed by atoms with Gasteiger partial charge in [-0.1, -0.05) is 17.7 Å². The van der Waals surface area contributed by atoms with Crippen molar-refractivity contribution in [1.29, 1.82) is 0 Å². The maximum atomic E-state index is 6.17. The SMILES string of the molecule is CNC(c1cc(C)c(Cl)cc1C)C1CCCOC1. The van der Waals surface area contributed by atoms with E-state index in [2.05, 4.69) is 31.3 Å². The molecule has 3 heteroatoms. The molecule has 2 nitrogen and oxygen atoms in total. The van der Waals surface area contributed by atoms with Crippen LogP contribution in [0.15, 0.2) is 12.1 Å². The molecule has 2 atom stereocenters. The van der Waals surface area contributed by atoms with Gasteiger partial charge in [0.25, 0.3) is 0 Å². The van der Waals surface area contributed by atoms with Gasteiger partial charge in [-0.3, -0.25) is 0 Å². The van der Waals surface area contributed by atoms with Gasteiger partial charge in [-0.2, -0.15) is 0 Å². The van der Waals surface area contributed by atoms with Crippen LogP contribution in [0.3, 0.4) is 0 Å². The Morgan fingerprint density at radius 1 is 1.33 bits per heavy atom. The van der Waals surface area contributed by atoms with Crippen LogP contribution >= 0.6 is 11.6 Å². The van der Waals surface area contributed by atoms with Gasteiger partial charge in [0.2, 0.25) is 0 Å². The molecule has 0 amide bonds. The van der Waals surface area contributed by atoms with E-state index in [1.165, 1.54) is 17.5 Å². The predicted molar refractivity (Wildman–Crippen MR) is 76.3 cm³/mol. The molecule has 18 heavy (non-hydrogen) atoms. The molecule has 1 aromatic carbocycles. The molecule has 0 radical (unpaired) electrons. The molecule has 0 aromatic heterocycles. The lowest BCUT2D eigenvalue weighted by molar-refractivity contribution is 0.0401. The van der Waals surface area contributed by atoms with E-state index in [1.54, 1.807) is 0 Å². The summed E-state index contributed by atoms with van der Waals surface area (Å²) >= 11 is 6.17. The fraction of sp³-hybridized carbons (Fsp3) is 0.600. The Kier molecular flexibility index (Phi) is 4.66. The van der Waals surface area contributed by atoms with Crippen LogP contribution in [0, 0.1) is 19.8 Å². The third-order valence-electron chi connectivity index (χ3n) is 3.86. The van der Waals surface area contributed by atoms with Crippen LogP contribution in [0.4, 0.5) is 0 Å². The van der Waals surface area contributed by atoms with Crippen LogP contribution in [-0.4, -0.2) is 20.3 Å². The lowest BCUT2D eigenvalue weighted by Crippen LogP contribution is -2.32. The Bertz CT molecular complexity index is 413. The number of hydrogen-bond acceptors (Lipinski definition) is 2. The standard InChI is InChI=1S/C15H22ClNO/c1-10-8-14(16)11(2)7-13(10)15(17-3)12-5-4-6-18-9-12/h7-8,12,15,17H,4-6,9H2,1-3H3. The summed E-state index contributed by atoms with van der Waals surface area (Å²) in [6.45, 7) is 5.96. The van der Waals surface area contributed by atoms with Gasteiger partial charge >= 0.3 is 0 Å². The first-order valence-corrected chi connectivity index (χ1v) is 7.03. The molecule has 1 N–H and O–H groups in total. The molecular weight excluding hydrogens is 246 g/mol. The van der Waals surface area contributed by atoms with E-state index in [0.29, 0.717) is 12.0 Å². The zero-order valence-corrected chi connectivity index (χ0v) is 12.2. The third kappa shape index (κ3) is 2.87. The maximum Gasteiger partial charge on any atom is 0.0512 e. The summed E-state index contributed by atoms with van der Waals surface area (Å²) in [5.74, 6) is 0.558. The molecule has 0 saturated carbocycles. The predicted octanol–water partition coefficient (Wildman–Crippen LogP) is 3.64. The number of benzene rings is 1. The highest BCUT2D eigenvalue weighted by Crippen LogP contribution is 2.32. The Labute approximate surface area is 115 Å². The summed E-state index contributed by atoms with van der Waals surface area (Å²) in [7, 11) is 2.03. The van der Waals surface area contributed by atoms with Crippen molar-refractivity contribution in [3.05, 3.63) is 33.8 Å². The van der Waals surface area contributed by atoms with Crippen LogP contribution in [-0.2, 0) is 4.74 Å². The first-order chi connectivity index (χ1) is 8.63. The molecule has 1 saturated heterocycles. The second-order valence-corrected chi connectivity index (χ2v) is 5.61. The van der Waals surface area contributed by atoms with Gasteiger partial charge in [0.15, 0.2) is 0 Å². The smallest absolute Gasteiger partial charge is 0.0512 e. The molecule has 1 aliphatic heterocycles. The summed E-state index contributed by atoms with van der Waals surface area (Å²) in [6.07, 6.45) is 2.39. The van der Waals surface area contributed by atoms with E-state index in [0.717, 1.165) is 30.2 Å². The number of aryl methyl sites for hydroxylation is 2. The van der Waals surface area contributed by atoms with Crippen molar-refractivity contribution in [2.45, 2.75) is 32.7 Å². The number of halogens is 1. The Morgan fingerprint density at radius 3 is 2.72 bits per heavy atom. The molecule has 0 aliphatic carbocycles. The Balaban J connectivity index is 2.28. The molecule has 0 bridgehead atoms. The van der Waals surface area contributed by atoms with E-state index < -0.39 is 0 Å². The average molecular weight is 268 g/mol. The van der Waals surface area contributed by atoms with Crippen LogP contribution in [0.25, 0.3) is 0 Å². The summed E-state index contributed by atoms with van der Waals surface area (Å²) in [5.41, 5.74) is 3.76. The quantitative estimate of drug-likeness (QED) is 0.903. The molecule has 1 heterocycles. The largest absolute Gasteiger partial charge is 0.381 e. The highest BCUT2D eigenvalue weighted by molar-refractivity contribution is 6.31. The van der Waals surface area contributed by atoms with Gasteiger partial charge in [-0.05, 0) is 56.5 Å². The van der Waals surface area contributed by atoms with Crippen molar-refractivity contribution in [2.24, 2.45) is 5.92 Å². The van der Waals surface area contributed by atoms with Gasteiger partial charge in [-0.25, -0.2) is 0 Å². The van der Waals surface area contributed by atoms with Crippen molar-refractivity contribution >= 4 is 11.6 Å². The fourth-order valence-electron chi connectivity index (χ4n) is 2.81. The van der Waals surface area contributed by atoms with Crippen molar-refractivity contribution < 1.29 is 4.74 Å². The summed E-state index contributed by atoms with van der Waals surface area (Å²) in [6, 6.07) is 4.65. The molecule has 1 aliphatic rings. The monoisotopic (exact) mass is 267 g/mol. The lowest BCUT2D eigenvalue weighted by atomic mass is 9.86. The number of nitrogens with one attached hydrogen (secondary N) is 1. The van der Waals surface area contributed by atoms with E-state index in [1.807, 2.05) is 7.05 Å². The fourth-order valence-corrected chi connectivity index (χ4v) is 3.03. The molecular formula is C15H22ClNO. The van der Waals surface area contributed by atoms with E-state index in [9.17, 15) is 0 Å². The van der Waals surface area contributed by atoms with Crippen LogP contribution < -0.4 is 5.32 Å². The van der Waals surface area contributed by atoms with E-state index in [4.69, 9.17) is 16.3 Å². The first kappa shape index (κ1) is 13.9. The third-order valence-corrected chi connectivity index (χ3v) is 4.27. The van der Waals surface area contributed by atoms with E-state index >= 15 is 0 Å². The Hall–Kier alpha value is -0.570. The topological polar surface area (TPSA) is 21.3 Å². The van der Waals surface area contributed by atoms with Crippen molar-refractivity contribution in [3.63, 3.8) is 0 Å². The van der Waals surface area contributed by atoms with Crippen LogP contribution in [0.5, 0.6) is 0 Å². The minimum Gasteiger partial charge on any atom is -0.381 e. The van der Waals surface area contributed by atoms with Gasteiger partial charge in [0, 0.05) is 23.6 Å². The molecule has 2 unspecified atom stereocenters. The summed E-state index contributed by atoms with van der Waals surface area (Å²) in [4.78, 5) is 0. The van der Waals surface area contributed by atoms with Crippen molar-refractivity contribution in [2.75, 3.05) is 20.3 Å². The number of hydrogen-bond donors (Lipinski definition) is 1.